The zero-order valence-corrected chi connectivity index (χ0v) is 12.0. The molecule has 1 fully saturated rings. The minimum atomic E-state index is -0.167. The van der Waals surface area contributed by atoms with Gasteiger partial charge in [0.25, 0.3) is 5.91 Å². The van der Waals surface area contributed by atoms with Crippen molar-refractivity contribution in [2.24, 2.45) is 0 Å². The Balaban J connectivity index is 2.04. The van der Waals surface area contributed by atoms with E-state index in [-0.39, 0.29) is 12.5 Å². The molecule has 102 valence electrons. The van der Waals surface area contributed by atoms with Gasteiger partial charge in [0.2, 0.25) is 0 Å². The zero-order chi connectivity index (χ0) is 13.8. The van der Waals surface area contributed by atoms with E-state index in [1.807, 2.05) is 0 Å². The van der Waals surface area contributed by atoms with Crippen LogP contribution in [0.4, 0.5) is 0 Å². The highest BCUT2D eigenvalue weighted by Crippen LogP contribution is 2.32. The molecule has 0 radical (unpaired) electrons. The summed E-state index contributed by atoms with van der Waals surface area (Å²) in [5.41, 5.74) is 0.443. The third kappa shape index (κ3) is 3.70. The Kier molecular flexibility index (Phi) is 4.42. The number of ether oxygens (including phenoxy) is 2. The van der Waals surface area contributed by atoms with Crippen molar-refractivity contribution in [3.8, 4) is 11.5 Å². The molecule has 0 aliphatic heterocycles. The number of halogens is 1. The number of benzene rings is 1. The van der Waals surface area contributed by atoms with Gasteiger partial charge in [-0.15, -0.1) is 0 Å². The lowest BCUT2D eigenvalue weighted by Gasteiger charge is -2.12. The average molecular weight is 328 g/mol. The Bertz CT molecular complexity index is 500. The van der Waals surface area contributed by atoms with Gasteiger partial charge in [0.1, 0.15) is 0 Å². The second-order valence-electron chi connectivity index (χ2n) is 4.27. The Morgan fingerprint density at radius 1 is 1.47 bits per heavy atom. The van der Waals surface area contributed by atoms with Crippen LogP contribution in [0.3, 0.4) is 0 Å². The fraction of sp³-hybridized carbons (Fsp3) is 0.385. The zero-order valence-electron chi connectivity index (χ0n) is 10.4. The van der Waals surface area contributed by atoms with Gasteiger partial charge < -0.3 is 14.8 Å². The van der Waals surface area contributed by atoms with E-state index in [4.69, 9.17) is 9.47 Å². The molecule has 0 unspecified atom stereocenters. The summed E-state index contributed by atoms with van der Waals surface area (Å²) in [5, 5.41) is 2.82. The van der Waals surface area contributed by atoms with Crippen LogP contribution in [0, 0.1) is 0 Å². The van der Waals surface area contributed by atoms with Crippen LogP contribution in [-0.2, 0) is 4.79 Å². The summed E-state index contributed by atoms with van der Waals surface area (Å²) < 4.78 is 11.2. The second kappa shape index (κ2) is 6.06. The molecule has 1 aliphatic carbocycles. The number of carbonyl (C=O) groups excluding carboxylic acids is 2. The normalized spacial score (nSPS) is 13.8. The van der Waals surface area contributed by atoms with Crippen molar-refractivity contribution in [2.75, 3.05) is 13.7 Å². The van der Waals surface area contributed by atoms with Crippen LogP contribution in [0.2, 0.25) is 0 Å². The first-order chi connectivity index (χ1) is 9.13. The summed E-state index contributed by atoms with van der Waals surface area (Å²) in [6.45, 7) is -0.0905. The van der Waals surface area contributed by atoms with Gasteiger partial charge in [-0.25, -0.2) is 0 Å². The SMILES string of the molecule is COc1cc(Br)c(C=O)cc1OCC(=O)NC1CC1. The first-order valence-corrected chi connectivity index (χ1v) is 6.68. The molecule has 1 aliphatic rings. The number of methoxy groups -OCH3 is 1. The molecular formula is C13H14BrNO4. The van der Waals surface area contributed by atoms with Crippen LogP contribution >= 0.6 is 15.9 Å². The monoisotopic (exact) mass is 327 g/mol. The van der Waals surface area contributed by atoms with E-state index in [0.29, 0.717) is 33.9 Å². The van der Waals surface area contributed by atoms with Gasteiger partial charge in [-0.1, -0.05) is 0 Å². The number of hydrogen-bond donors (Lipinski definition) is 1. The topological polar surface area (TPSA) is 64.6 Å². The average Bonchev–Trinajstić information content (AvgIpc) is 3.20. The lowest BCUT2D eigenvalue weighted by atomic mass is 10.2. The molecule has 19 heavy (non-hydrogen) atoms. The van der Waals surface area contributed by atoms with E-state index in [9.17, 15) is 9.59 Å². The second-order valence-corrected chi connectivity index (χ2v) is 5.13. The van der Waals surface area contributed by atoms with E-state index in [1.165, 1.54) is 7.11 Å². The van der Waals surface area contributed by atoms with Crippen molar-refractivity contribution in [2.45, 2.75) is 18.9 Å². The molecule has 6 heteroatoms. The molecule has 1 aromatic rings. The molecule has 1 aromatic carbocycles. The molecule has 5 nitrogen and oxygen atoms in total. The van der Waals surface area contributed by atoms with Crippen molar-refractivity contribution >= 4 is 28.1 Å². The summed E-state index contributed by atoms with van der Waals surface area (Å²) in [6, 6.07) is 3.48. The van der Waals surface area contributed by atoms with Gasteiger partial charge in [0.05, 0.1) is 7.11 Å². The summed E-state index contributed by atoms with van der Waals surface area (Å²) >= 11 is 3.26. The van der Waals surface area contributed by atoms with Gasteiger partial charge in [0.15, 0.2) is 24.4 Å². The quantitative estimate of drug-likeness (QED) is 0.811. The number of carbonyl (C=O) groups is 2. The Morgan fingerprint density at radius 2 is 2.21 bits per heavy atom. The number of nitrogens with one attached hydrogen (secondary N) is 1. The Labute approximate surface area is 119 Å². The summed E-state index contributed by atoms with van der Waals surface area (Å²) in [6.07, 6.45) is 2.77. The number of amides is 1. The largest absolute Gasteiger partial charge is 0.493 e. The smallest absolute Gasteiger partial charge is 0.258 e. The van der Waals surface area contributed by atoms with Crippen molar-refractivity contribution < 1.29 is 19.1 Å². The van der Waals surface area contributed by atoms with E-state index in [1.54, 1.807) is 12.1 Å². The van der Waals surface area contributed by atoms with Crippen LogP contribution in [-0.4, -0.2) is 32.0 Å². The highest BCUT2D eigenvalue weighted by Gasteiger charge is 2.23. The predicted octanol–water partition coefficient (Wildman–Crippen LogP) is 1.93. The van der Waals surface area contributed by atoms with Crippen LogP contribution in [0.1, 0.15) is 23.2 Å². The Morgan fingerprint density at radius 3 is 2.79 bits per heavy atom. The van der Waals surface area contributed by atoms with Crippen LogP contribution in [0.5, 0.6) is 11.5 Å². The highest BCUT2D eigenvalue weighted by atomic mass is 79.9. The third-order valence-electron chi connectivity index (χ3n) is 2.71. The number of hydrogen-bond acceptors (Lipinski definition) is 4. The summed E-state index contributed by atoms with van der Waals surface area (Å²) in [5.74, 6) is 0.676. The Hall–Kier alpha value is -1.56. The molecule has 0 aromatic heterocycles. The van der Waals surface area contributed by atoms with Gasteiger partial charge >= 0.3 is 0 Å². The fourth-order valence-corrected chi connectivity index (χ4v) is 1.97. The van der Waals surface area contributed by atoms with Crippen LogP contribution < -0.4 is 14.8 Å². The van der Waals surface area contributed by atoms with E-state index < -0.39 is 0 Å². The van der Waals surface area contributed by atoms with Gasteiger partial charge in [-0.05, 0) is 40.9 Å². The highest BCUT2D eigenvalue weighted by molar-refractivity contribution is 9.10. The standard InChI is InChI=1S/C13H14BrNO4/c1-18-11-5-10(14)8(6-16)4-12(11)19-7-13(17)15-9-2-3-9/h4-6,9H,2-3,7H2,1H3,(H,15,17). The summed E-state index contributed by atoms with van der Waals surface area (Å²) in [7, 11) is 1.50. The van der Waals surface area contributed by atoms with Gasteiger partial charge in [-0.3, -0.25) is 9.59 Å². The van der Waals surface area contributed by atoms with Crippen molar-refractivity contribution in [1.29, 1.82) is 0 Å². The lowest BCUT2D eigenvalue weighted by Crippen LogP contribution is -2.30. The number of rotatable bonds is 6. The molecule has 1 N–H and O–H groups in total. The molecule has 0 heterocycles. The van der Waals surface area contributed by atoms with Crippen LogP contribution in [0.15, 0.2) is 16.6 Å². The molecular weight excluding hydrogens is 314 g/mol. The fourth-order valence-electron chi connectivity index (χ4n) is 1.55. The lowest BCUT2D eigenvalue weighted by molar-refractivity contribution is -0.123. The van der Waals surface area contributed by atoms with Gasteiger partial charge in [-0.2, -0.15) is 0 Å². The molecule has 1 amide bonds. The molecule has 0 bridgehead atoms. The molecule has 0 spiro atoms. The van der Waals surface area contributed by atoms with Crippen molar-refractivity contribution in [1.82, 2.24) is 5.32 Å². The molecule has 2 rings (SSSR count). The molecule has 0 saturated heterocycles. The van der Waals surface area contributed by atoms with Crippen LogP contribution in [0.25, 0.3) is 0 Å². The van der Waals surface area contributed by atoms with E-state index in [0.717, 1.165) is 12.8 Å². The maximum absolute atomic E-state index is 11.5. The molecule has 0 atom stereocenters. The molecule has 1 saturated carbocycles. The van der Waals surface area contributed by atoms with E-state index >= 15 is 0 Å². The van der Waals surface area contributed by atoms with Gasteiger partial charge in [0, 0.05) is 16.1 Å². The first kappa shape index (κ1) is 13.9. The minimum absolute atomic E-state index is 0.0905. The third-order valence-corrected chi connectivity index (χ3v) is 3.40. The summed E-state index contributed by atoms with van der Waals surface area (Å²) in [4.78, 5) is 22.4. The maximum Gasteiger partial charge on any atom is 0.258 e. The van der Waals surface area contributed by atoms with E-state index in [2.05, 4.69) is 21.2 Å². The first-order valence-electron chi connectivity index (χ1n) is 5.89. The van der Waals surface area contributed by atoms with Crippen molar-refractivity contribution in [3.05, 3.63) is 22.2 Å². The minimum Gasteiger partial charge on any atom is -0.493 e. The number of aldehydes is 1. The maximum atomic E-state index is 11.5. The van der Waals surface area contributed by atoms with Crippen molar-refractivity contribution in [3.63, 3.8) is 0 Å². The predicted molar refractivity (Wildman–Crippen MR) is 72.7 cm³/mol.